The van der Waals surface area contributed by atoms with E-state index in [4.69, 9.17) is 4.74 Å². The van der Waals surface area contributed by atoms with Crippen molar-refractivity contribution in [2.24, 2.45) is 0 Å². The molecule has 2 atom stereocenters. The average molecular weight is 399 g/mol. The van der Waals surface area contributed by atoms with Gasteiger partial charge in [0.05, 0.1) is 13.2 Å². The number of carbonyl (C=O) groups excluding carboxylic acids is 1. The molecule has 0 fully saturated rings. The summed E-state index contributed by atoms with van der Waals surface area (Å²) in [5, 5.41) is 11.2. The topological polar surface area (TPSA) is 81.1 Å². The van der Waals surface area contributed by atoms with Crippen LogP contribution in [0.25, 0.3) is 0 Å². The van der Waals surface area contributed by atoms with Crippen LogP contribution < -0.4 is 15.5 Å². The molecule has 3 aromatic rings. The van der Waals surface area contributed by atoms with Gasteiger partial charge < -0.3 is 15.5 Å². The first-order valence-corrected chi connectivity index (χ1v) is 9.49. The Kier molecular flexibility index (Phi) is 4.91. The number of halogens is 1. The highest BCUT2D eigenvalue weighted by molar-refractivity contribution is 8.00. The maximum Gasteiger partial charge on any atom is 0.240 e. The molecule has 1 aromatic heterocycles. The number of nitrogens with zero attached hydrogens (tertiary/aromatic N) is 3. The number of methoxy groups -OCH3 is 1. The van der Waals surface area contributed by atoms with Crippen LogP contribution in [0.5, 0.6) is 5.75 Å². The summed E-state index contributed by atoms with van der Waals surface area (Å²) in [6.07, 6.45) is 0. The summed E-state index contributed by atoms with van der Waals surface area (Å²) >= 11 is 1.32. The number of amides is 1. The van der Waals surface area contributed by atoms with Gasteiger partial charge in [0.2, 0.25) is 11.1 Å². The molecule has 7 nitrogen and oxygen atoms in total. The smallest absolute Gasteiger partial charge is 0.240 e. The van der Waals surface area contributed by atoms with Gasteiger partial charge in [-0.3, -0.25) is 4.79 Å². The summed E-state index contributed by atoms with van der Waals surface area (Å²) < 4.78 is 20.3. The van der Waals surface area contributed by atoms with Crippen LogP contribution in [0.1, 0.15) is 17.4 Å². The number of thioether (sulfide) groups is 1. The quantitative estimate of drug-likeness (QED) is 0.702. The van der Waals surface area contributed by atoms with Gasteiger partial charge in [-0.05, 0) is 48.9 Å². The normalized spacial score (nSPS) is 18.1. The molecule has 2 N–H and O–H groups in total. The number of hydrogen-bond acceptors (Lipinski definition) is 6. The van der Waals surface area contributed by atoms with Crippen LogP contribution in [0.2, 0.25) is 0 Å². The lowest BCUT2D eigenvalue weighted by atomic mass is 10.0. The van der Waals surface area contributed by atoms with E-state index < -0.39 is 5.25 Å². The van der Waals surface area contributed by atoms with Crippen LogP contribution in [-0.4, -0.2) is 33.1 Å². The van der Waals surface area contributed by atoms with E-state index in [1.807, 2.05) is 6.92 Å². The molecular formula is C19H18FN5O2S. The molecule has 2 aromatic carbocycles. The fourth-order valence-corrected chi connectivity index (χ4v) is 4.09. The first-order chi connectivity index (χ1) is 13.5. The van der Waals surface area contributed by atoms with Crippen LogP contribution in [0.15, 0.2) is 53.7 Å². The van der Waals surface area contributed by atoms with Crippen molar-refractivity contribution in [1.82, 2.24) is 14.9 Å². The minimum absolute atomic E-state index is 0.191. The largest absolute Gasteiger partial charge is 0.497 e. The first kappa shape index (κ1) is 18.3. The van der Waals surface area contributed by atoms with Crippen molar-refractivity contribution in [3.05, 3.63) is 65.7 Å². The third-order valence-electron chi connectivity index (χ3n) is 4.44. The standard InChI is InChI=1S/C19H18FN5O2S/c1-11-22-23-19-25(11)24-16(12-3-5-13(20)6-4-12)17(28-19)18(26)21-14-7-9-15(27-2)10-8-14/h3-10,16-17,24H,1-2H3,(H,21,26). The molecule has 2 unspecified atom stereocenters. The monoisotopic (exact) mass is 399 g/mol. The summed E-state index contributed by atoms with van der Waals surface area (Å²) in [7, 11) is 1.59. The van der Waals surface area contributed by atoms with E-state index in [0.717, 1.165) is 5.56 Å². The fourth-order valence-electron chi connectivity index (χ4n) is 2.97. The number of ether oxygens (including phenoxy) is 1. The van der Waals surface area contributed by atoms with Crippen LogP contribution in [0.4, 0.5) is 10.1 Å². The highest BCUT2D eigenvalue weighted by atomic mass is 32.2. The van der Waals surface area contributed by atoms with E-state index in [9.17, 15) is 9.18 Å². The molecule has 0 saturated heterocycles. The summed E-state index contributed by atoms with van der Waals surface area (Å²) in [4.78, 5) is 13.1. The fraction of sp³-hybridized carbons (Fsp3) is 0.211. The van der Waals surface area contributed by atoms with Crippen molar-refractivity contribution in [3.8, 4) is 5.75 Å². The number of anilines is 1. The lowest BCUT2D eigenvalue weighted by Gasteiger charge is -2.32. The van der Waals surface area contributed by atoms with Gasteiger partial charge in [0.1, 0.15) is 22.6 Å². The van der Waals surface area contributed by atoms with Crippen LogP contribution >= 0.6 is 11.8 Å². The molecule has 28 heavy (non-hydrogen) atoms. The van der Waals surface area contributed by atoms with Crippen molar-refractivity contribution >= 4 is 23.4 Å². The van der Waals surface area contributed by atoms with Crippen molar-refractivity contribution in [1.29, 1.82) is 0 Å². The molecule has 4 rings (SSSR count). The van der Waals surface area contributed by atoms with Crippen LogP contribution in [-0.2, 0) is 4.79 Å². The molecular weight excluding hydrogens is 381 g/mol. The minimum atomic E-state index is -0.524. The van der Waals surface area contributed by atoms with Gasteiger partial charge in [-0.15, -0.1) is 10.2 Å². The number of carbonyl (C=O) groups is 1. The summed E-state index contributed by atoms with van der Waals surface area (Å²) in [5.41, 5.74) is 4.74. The summed E-state index contributed by atoms with van der Waals surface area (Å²) in [6, 6.07) is 12.8. The molecule has 9 heteroatoms. The number of nitrogens with one attached hydrogen (secondary N) is 2. The molecule has 1 amide bonds. The third kappa shape index (κ3) is 3.53. The summed E-state index contributed by atoms with van der Waals surface area (Å²) in [6.45, 7) is 1.82. The molecule has 0 spiro atoms. The van der Waals surface area contributed by atoms with Gasteiger partial charge in [-0.1, -0.05) is 23.9 Å². The van der Waals surface area contributed by atoms with Crippen LogP contribution in [0.3, 0.4) is 0 Å². The number of fused-ring (bicyclic) bond motifs is 1. The van der Waals surface area contributed by atoms with Crippen LogP contribution in [0, 0.1) is 12.7 Å². The highest BCUT2D eigenvalue weighted by Gasteiger charge is 2.37. The number of aryl methyl sites for hydroxylation is 1. The maximum absolute atomic E-state index is 13.4. The molecule has 1 aliphatic rings. The van der Waals surface area contributed by atoms with Gasteiger partial charge in [0, 0.05) is 5.69 Å². The van der Waals surface area contributed by atoms with Gasteiger partial charge >= 0.3 is 0 Å². The molecule has 144 valence electrons. The molecule has 2 heterocycles. The Morgan fingerprint density at radius 3 is 2.57 bits per heavy atom. The Morgan fingerprint density at radius 1 is 1.18 bits per heavy atom. The van der Waals surface area contributed by atoms with Gasteiger partial charge in [0.15, 0.2) is 0 Å². The van der Waals surface area contributed by atoms with Crippen molar-refractivity contribution in [2.75, 3.05) is 17.9 Å². The zero-order valence-corrected chi connectivity index (χ0v) is 16.0. The van der Waals surface area contributed by atoms with Crippen molar-refractivity contribution in [3.63, 3.8) is 0 Å². The number of hydrogen-bond donors (Lipinski definition) is 2. The van der Waals surface area contributed by atoms with Gasteiger partial charge in [0.25, 0.3) is 0 Å². The van der Waals surface area contributed by atoms with E-state index in [2.05, 4.69) is 20.9 Å². The molecule has 0 radical (unpaired) electrons. The predicted molar refractivity (Wildman–Crippen MR) is 105 cm³/mol. The number of benzene rings is 2. The average Bonchev–Trinajstić information content (AvgIpc) is 3.08. The predicted octanol–water partition coefficient (Wildman–Crippen LogP) is 3.13. The summed E-state index contributed by atoms with van der Waals surface area (Å²) in [5.74, 6) is 0.875. The first-order valence-electron chi connectivity index (χ1n) is 8.61. The lowest BCUT2D eigenvalue weighted by Crippen LogP contribution is -2.41. The maximum atomic E-state index is 13.4. The molecule has 0 bridgehead atoms. The Balaban J connectivity index is 1.62. The molecule has 1 aliphatic heterocycles. The van der Waals surface area contributed by atoms with E-state index in [0.29, 0.717) is 22.4 Å². The van der Waals surface area contributed by atoms with Crippen molar-refractivity contribution in [2.45, 2.75) is 23.4 Å². The second-order valence-corrected chi connectivity index (χ2v) is 7.39. The van der Waals surface area contributed by atoms with E-state index in [-0.39, 0.29) is 17.8 Å². The number of rotatable bonds is 4. The van der Waals surface area contributed by atoms with Gasteiger partial charge in [-0.25, -0.2) is 9.07 Å². The number of aromatic nitrogens is 3. The minimum Gasteiger partial charge on any atom is -0.497 e. The Morgan fingerprint density at radius 2 is 1.89 bits per heavy atom. The third-order valence-corrected chi connectivity index (χ3v) is 5.66. The van der Waals surface area contributed by atoms with E-state index >= 15 is 0 Å². The molecule has 0 aliphatic carbocycles. The van der Waals surface area contributed by atoms with E-state index in [1.165, 1.54) is 23.9 Å². The van der Waals surface area contributed by atoms with Crippen molar-refractivity contribution < 1.29 is 13.9 Å². The lowest BCUT2D eigenvalue weighted by molar-refractivity contribution is -0.116. The zero-order chi connectivity index (χ0) is 19.7. The van der Waals surface area contributed by atoms with E-state index in [1.54, 1.807) is 48.2 Å². The Bertz CT molecular complexity index is 991. The van der Waals surface area contributed by atoms with Gasteiger partial charge in [-0.2, -0.15) is 0 Å². The second kappa shape index (κ2) is 7.51. The second-order valence-electron chi connectivity index (χ2n) is 6.28. The zero-order valence-electron chi connectivity index (χ0n) is 15.2. The highest BCUT2D eigenvalue weighted by Crippen LogP contribution is 2.37. The Hall–Kier alpha value is -3.07. The molecule has 0 saturated carbocycles. The SMILES string of the molecule is COc1ccc(NC(=O)C2Sc3nnc(C)n3NC2c2ccc(F)cc2)cc1. The Labute approximate surface area is 165 Å².